The molecule has 0 aromatic rings. The van der Waals surface area contributed by atoms with E-state index in [1.54, 1.807) is 11.8 Å². The molecule has 0 atom stereocenters. The standard InChI is InChI=1S/C12H24N4O2S/c1-15(7-8-19-2)9-11(17)16-5-3-10(4-6-16)12(18)14-13/h10H,3-9,13H2,1-2H3,(H,14,18). The van der Waals surface area contributed by atoms with Crippen molar-refractivity contribution in [1.29, 1.82) is 0 Å². The molecule has 1 fully saturated rings. The highest BCUT2D eigenvalue weighted by Gasteiger charge is 2.27. The average molecular weight is 288 g/mol. The smallest absolute Gasteiger partial charge is 0.237 e. The van der Waals surface area contributed by atoms with Gasteiger partial charge in [0.1, 0.15) is 0 Å². The number of carbonyl (C=O) groups excluding carboxylic acids is 2. The van der Waals surface area contributed by atoms with E-state index < -0.39 is 0 Å². The normalized spacial score (nSPS) is 16.7. The van der Waals surface area contributed by atoms with Gasteiger partial charge in [-0.25, -0.2) is 5.84 Å². The van der Waals surface area contributed by atoms with Crippen molar-refractivity contribution in [1.82, 2.24) is 15.2 Å². The van der Waals surface area contributed by atoms with E-state index >= 15 is 0 Å². The Balaban J connectivity index is 2.30. The van der Waals surface area contributed by atoms with Gasteiger partial charge >= 0.3 is 0 Å². The average Bonchev–Trinajstić information content (AvgIpc) is 2.44. The van der Waals surface area contributed by atoms with Gasteiger partial charge in [-0.15, -0.1) is 0 Å². The van der Waals surface area contributed by atoms with Crippen LogP contribution in [0.25, 0.3) is 0 Å². The van der Waals surface area contributed by atoms with Gasteiger partial charge in [0.2, 0.25) is 11.8 Å². The topological polar surface area (TPSA) is 78.7 Å². The second kappa shape index (κ2) is 8.39. The number of likely N-dealkylation sites (tertiary alicyclic amines) is 1. The van der Waals surface area contributed by atoms with Crippen LogP contribution in [-0.2, 0) is 9.59 Å². The number of likely N-dealkylation sites (N-methyl/N-ethyl adjacent to an activating group) is 1. The molecule has 110 valence electrons. The second-order valence-electron chi connectivity index (χ2n) is 4.89. The van der Waals surface area contributed by atoms with Crippen LogP contribution in [0.1, 0.15) is 12.8 Å². The minimum atomic E-state index is -0.121. The van der Waals surface area contributed by atoms with Gasteiger partial charge in [0.05, 0.1) is 6.54 Å². The number of hydrogen-bond acceptors (Lipinski definition) is 5. The fourth-order valence-corrected chi connectivity index (χ4v) is 2.66. The Morgan fingerprint density at radius 3 is 2.58 bits per heavy atom. The molecule has 7 heteroatoms. The largest absolute Gasteiger partial charge is 0.342 e. The molecule has 1 rings (SSSR count). The minimum absolute atomic E-state index is 0.0525. The van der Waals surface area contributed by atoms with Crippen molar-refractivity contribution in [3.63, 3.8) is 0 Å². The summed E-state index contributed by atoms with van der Waals surface area (Å²) in [5.74, 6) is 6.13. The molecule has 0 aromatic carbocycles. The first-order chi connectivity index (χ1) is 9.08. The quantitative estimate of drug-likeness (QED) is 0.392. The van der Waals surface area contributed by atoms with Crippen LogP contribution in [0.3, 0.4) is 0 Å². The molecule has 0 aliphatic carbocycles. The van der Waals surface area contributed by atoms with E-state index in [1.165, 1.54) is 0 Å². The van der Waals surface area contributed by atoms with Crippen molar-refractivity contribution in [2.24, 2.45) is 11.8 Å². The molecular weight excluding hydrogens is 264 g/mol. The maximum Gasteiger partial charge on any atom is 0.237 e. The number of nitrogens with two attached hydrogens (primary N) is 1. The van der Waals surface area contributed by atoms with Crippen LogP contribution in [0.2, 0.25) is 0 Å². The Morgan fingerprint density at radius 2 is 2.05 bits per heavy atom. The third-order valence-electron chi connectivity index (χ3n) is 3.44. The maximum atomic E-state index is 12.1. The fourth-order valence-electron chi connectivity index (χ4n) is 2.17. The Labute approximate surface area is 119 Å². The van der Waals surface area contributed by atoms with Gasteiger partial charge in [-0.05, 0) is 26.1 Å². The first-order valence-electron chi connectivity index (χ1n) is 6.54. The lowest BCUT2D eigenvalue weighted by atomic mass is 9.96. The molecule has 1 saturated heterocycles. The van der Waals surface area contributed by atoms with Gasteiger partial charge in [0.15, 0.2) is 0 Å². The van der Waals surface area contributed by atoms with Gasteiger partial charge in [0, 0.05) is 31.3 Å². The molecule has 6 nitrogen and oxygen atoms in total. The monoisotopic (exact) mass is 288 g/mol. The van der Waals surface area contributed by atoms with Crippen molar-refractivity contribution < 1.29 is 9.59 Å². The molecule has 0 radical (unpaired) electrons. The van der Waals surface area contributed by atoms with Gasteiger partial charge in [-0.1, -0.05) is 0 Å². The molecule has 0 spiro atoms. The van der Waals surface area contributed by atoms with E-state index in [1.807, 2.05) is 16.8 Å². The summed E-state index contributed by atoms with van der Waals surface area (Å²) in [7, 11) is 1.96. The maximum absolute atomic E-state index is 12.1. The van der Waals surface area contributed by atoms with Crippen LogP contribution in [-0.4, -0.2) is 66.8 Å². The third kappa shape index (κ3) is 5.38. The predicted octanol–water partition coefficient (Wildman–Crippen LogP) is -0.490. The first-order valence-corrected chi connectivity index (χ1v) is 7.93. The van der Waals surface area contributed by atoms with E-state index in [4.69, 9.17) is 5.84 Å². The van der Waals surface area contributed by atoms with Gasteiger partial charge in [-0.3, -0.25) is 19.9 Å². The van der Waals surface area contributed by atoms with E-state index in [0.717, 1.165) is 12.3 Å². The van der Waals surface area contributed by atoms with Crippen molar-refractivity contribution in [2.45, 2.75) is 12.8 Å². The summed E-state index contributed by atoms with van der Waals surface area (Å²) >= 11 is 1.78. The van der Waals surface area contributed by atoms with Crippen molar-refractivity contribution >= 4 is 23.6 Å². The molecule has 2 amide bonds. The van der Waals surface area contributed by atoms with Crippen molar-refractivity contribution in [3.05, 3.63) is 0 Å². The summed E-state index contributed by atoms with van der Waals surface area (Å²) in [6, 6.07) is 0. The van der Waals surface area contributed by atoms with Crippen molar-refractivity contribution in [2.75, 3.05) is 45.2 Å². The van der Waals surface area contributed by atoms with Crippen LogP contribution < -0.4 is 11.3 Å². The molecule has 1 heterocycles. The molecule has 0 unspecified atom stereocenters. The lowest BCUT2D eigenvalue weighted by molar-refractivity contribution is -0.136. The van der Waals surface area contributed by atoms with Crippen LogP contribution in [0.15, 0.2) is 0 Å². The summed E-state index contributed by atoms with van der Waals surface area (Å²) in [6.07, 6.45) is 3.45. The van der Waals surface area contributed by atoms with Gasteiger partial charge in [0.25, 0.3) is 0 Å². The molecular formula is C12H24N4O2S. The van der Waals surface area contributed by atoms with E-state index in [9.17, 15) is 9.59 Å². The van der Waals surface area contributed by atoms with Crippen LogP contribution in [0, 0.1) is 5.92 Å². The SMILES string of the molecule is CSCCN(C)CC(=O)N1CCC(C(=O)NN)CC1. The number of hydrazine groups is 1. The number of nitrogens with one attached hydrogen (secondary N) is 1. The third-order valence-corrected chi connectivity index (χ3v) is 4.03. The number of rotatable bonds is 6. The highest BCUT2D eigenvalue weighted by atomic mass is 32.2. The summed E-state index contributed by atoms with van der Waals surface area (Å²) in [5.41, 5.74) is 2.18. The van der Waals surface area contributed by atoms with Gasteiger partial charge in [-0.2, -0.15) is 11.8 Å². The van der Waals surface area contributed by atoms with Gasteiger partial charge < -0.3 is 4.90 Å². The Hall–Kier alpha value is -0.790. The van der Waals surface area contributed by atoms with E-state index in [-0.39, 0.29) is 17.7 Å². The summed E-state index contributed by atoms with van der Waals surface area (Å²) < 4.78 is 0. The summed E-state index contributed by atoms with van der Waals surface area (Å²) in [5, 5.41) is 0. The fraction of sp³-hybridized carbons (Fsp3) is 0.833. The van der Waals surface area contributed by atoms with E-state index in [0.29, 0.717) is 32.5 Å². The molecule has 19 heavy (non-hydrogen) atoms. The zero-order chi connectivity index (χ0) is 14.3. The number of nitrogens with zero attached hydrogens (tertiary/aromatic N) is 2. The van der Waals surface area contributed by atoms with Crippen LogP contribution in [0.4, 0.5) is 0 Å². The molecule has 0 bridgehead atoms. The Kier molecular flexibility index (Phi) is 7.19. The zero-order valence-electron chi connectivity index (χ0n) is 11.7. The Morgan fingerprint density at radius 1 is 1.42 bits per heavy atom. The lowest BCUT2D eigenvalue weighted by Crippen LogP contribution is -2.47. The number of carbonyl (C=O) groups is 2. The van der Waals surface area contributed by atoms with Crippen LogP contribution in [0.5, 0.6) is 0 Å². The number of piperidine rings is 1. The summed E-state index contributed by atoms with van der Waals surface area (Å²) in [6.45, 7) is 2.66. The molecule has 0 saturated carbocycles. The Bertz CT molecular complexity index is 306. The molecule has 3 N–H and O–H groups in total. The zero-order valence-corrected chi connectivity index (χ0v) is 12.5. The van der Waals surface area contributed by atoms with E-state index in [2.05, 4.69) is 11.7 Å². The number of hydrogen-bond donors (Lipinski definition) is 2. The van der Waals surface area contributed by atoms with Crippen molar-refractivity contribution in [3.8, 4) is 0 Å². The highest BCUT2D eigenvalue weighted by Crippen LogP contribution is 2.17. The molecule has 0 aromatic heterocycles. The molecule has 1 aliphatic heterocycles. The first kappa shape index (κ1) is 16.3. The highest BCUT2D eigenvalue weighted by molar-refractivity contribution is 7.98. The molecule has 1 aliphatic rings. The lowest BCUT2D eigenvalue weighted by Gasteiger charge is -2.32. The van der Waals surface area contributed by atoms with Crippen LogP contribution >= 0.6 is 11.8 Å². The summed E-state index contributed by atoms with van der Waals surface area (Å²) in [4.78, 5) is 27.3. The second-order valence-corrected chi connectivity index (χ2v) is 5.88. The number of amides is 2. The predicted molar refractivity (Wildman–Crippen MR) is 77.5 cm³/mol. The minimum Gasteiger partial charge on any atom is -0.342 e. The number of thioether (sulfide) groups is 1.